The summed E-state index contributed by atoms with van der Waals surface area (Å²) in [4.78, 5) is 24.6. The van der Waals surface area contributed by atoms with E-state index in [-0.39, 0.29) is 5.69 Å². The van der Waals surface area contributed by atoms with Gasteiger partial charge in [-0.1, -0.05) is 40.1 Å². The molecule has 0 saturated carbocycles. The Morgan fingerprint density at radius 3 is 2.65 bits per heavy atom. The molecule has 20 heavy (non-hydrogen) atoms. The number of H-pyrrole nitrogens is 1. The largest absolute Gasteiger partial charge is 0.432 e. The van der Waals surface area contributed by atoms with Gasteiger partial charge in [0, 0.05) is 11.8 Å². The number of benzene rings is 1. The highest BCUT2D eigenvalue weighted by molar-refractivity contribution is 5.90. The molecular formula is C13H16N5O2+. The number of carbonyl (C=O) groups is 1. The van der Waals surface area contributed by atoms with Gasteiger partial charge in [0.05, 0.1) is 6.21 Å². The van der Waals surface area contributed by atoms with Crippen molar-refractivity contribution in [2.45, 2.75) is 6.92 Å². The number of amides is 1. The highest BCUT2D eigenvalue weighted by Crippen LogP contribution is 2.00. The Balaban J connectivity index is 2.33. The third-order valence-electron chi connectivity index (χ3n) is 2.82. The number of aryl methyl sites for hydroxylation is 2. The zero-order valence-corrected chi connectivity index (χ0v) is 11.5. The van der Waals surface area contributed by atoms with Crippen molar-refractivity contribution >= 4 is 12.1 Å². The van der Waals surface area contributed by atoms with E-state index >= 15 is 0 Å². The van der Waals surface area contributed by atoms with Crippen LogP contribution in [-0.4, -0.2) is 29.2 Å². The van der Waals surface area contributed by atoms with E-state index in [0.717, 1.165) is 15.9 Å². The molecule has 0 unspecified atom stereocenters. The molecule has 104 valence electrons. The molecule has 0 spiro atoms. The molecule has 0 fully saturated rings. The Hall–Kier alpha value is -2.70. The van der Waals surface area contributed by atoms with Crippen LogP contribution in [0.3, 0.4) is 0 Å². The molecule has 7 nitrogen and oxygen atoms in total. The standard InChI is InChI=1S/C13H15N5O2/c1-9-4-6-10(7-5-9)8-15-18-13(20)11(12(19)14-2)17(3)16-18/h4-8H,1-3H3,(H-,14,16,19,20)/p+1. The predicted octanol–water partition coefficient (Wildman–Crippen LogP) is -0.449. The maximum atomic E-state index is 12.0. The summed E-state index contributed by atoms with van der Waals surface area (Å²) in [6.45, 7) is 1.99. The van der Waals surface area contributed by atoms with Gasteiger partial charge in [0.15, 0.2) is 0 Å². The molecule has 0 atom stereocenters. The van der Waals surface area contributed by atoms with Gasteiger partial charge in [-0.25, -0.2) is 4.79 Å². The smallest absolute Gasteiger partial charge is 0.352 e. The number of hydrogen-bond donors (Lipinski definition) is 2. The minimum Gasteiger partial charge on any atom is -0.352 e. The second-order valence-corrected chi connectivity index (χ2v) is 4.36. The van der Waals surface area contributed by atoms with Gasteiger partial charge in [-0.3, -0.25) is 4.79 Å². The van der Waals surface area contributed by atoms with Crippen LogP contribution in [0.1, 0.15) is 21.6 Å². The van der Waals surface area contributed by atoms with E-state index in [1.54, 1.807) is 13.3 Å². The average Bonchev–Trinajstić information content (AvgIpc) is 2.72. The fraction of sp³-hybridized carbons (Fsp3) is 0.231. The molecule has 0 aliphatic carbocycles. The first kappa shape index (κ1) is 13.7. The van der Waals surface area contributed by atoms with Crippen molar-refractivity contribution in [3.63, 3.8) is 0 Å². The average molecular weight is 274 g/mol. The molecule has 1 amide bonds. The SMILES string of the molecule is CNC(=O)c1c(=O)n(N=Cc2ccc(C)cc2)[nH][n+]1C. The normalized spacial score (nSPS) is 10.9. The first-order valence-corrected chi connectivity index (χ1v) is 6.07. The van der Waals surface area contributed by atoms with Gasteiger partial charge in [-0.05, 0) is 12.5 Å². The minimum atomic E-state index is -0.504. The lowest BCUT2D eigenvalue weighted by Gasteiger charge is -1.91. The Labute approximate surface area is 115 Å². The van der Waals surface area contributed by atoms with Crippen molar-refractivity contribution in [1.82, 2.24) is 15.3 Å². The summed E-state index contributed by atoms with van der Waals surface area (Å²) in [6.07, 6.45) is 1.55. The second kappa shape index (κ2) is 5.52. The fourth-order valence-corrected chi connectivity index (χ4v) is 1.70. The number of nitrogens with one attached hydrogen (secondary N) is 2. The Bertz CT molecular complexity index is 709. The highest BCUT2D eigenvalue weighted by Gasteiger charge is 2.25. The summed E-state index contributed by atoms with van der Waals surface area (Å²) < 4.78 is 1.33. The first-order chi connectivity index (χ1) is 9.52. The molecule has 0 aliphatic heterocycles. The van der Waals surface area contributed by atoms with E-state index in [9.17, 15) is 9.59 Å². The van der Waals surface area contributed by atoms with Crippen LogP contribution >= 0.6 is 0 Å². The van der Waals surface area contributed by atoms with Crippen molar-refractivity contribution in [2.75, 3.05) is 7.05 Å². The van der Waals surface area contributed by atoms with E-state index < -0.39 is 11.5 Å². The van der Waals surface area contributed by atoms with E-state index in [4.69, 9.17) is 0 Å². The lowest BCUT2D eigenvalue weighted by molar-refractivity contribution is -0.734. The number of nitrogens with zero attached hydrogens (tertiary/aromatic N) is 3. The van der Waals surface area contributed by atoms with Crippen LogP contribution in [0.4, 0.5) is 0 Å². The van der Waals surface area contributed by atoms with Gasteiger partial charge < -0.3 is 5.32 Å². The molecule has 2 N–H and O–H groups in total. The lowest BCUT2D eigenvalue weighted by Crippen LogP contribution is -2.42. The van der Waals surface area contributed by atoms with Crippen LogP contribution in [0.15, 0.2) is 34.2 Å². The zero-order chi connectivity index (χ0) is 14.7. The topological polar surface area (TPSA) is 83.1 Å². The monoisotopic (exact) mass is 274 g/mol. The molecule has 7 heteroatoms. The minimum absolute atomic E-state index is 0.00597. The molecule has 0 saturated heterocycles. The number of aromatic amines is 1. The van der Waals surface area contributed by atoms with Crippen molar-refractivity contribution in [3.05, 3.63) is 51.4 Å². The number of carbonyl (C=O) groups excluding carboxylic acids is 1. The van der Waals surface area contributed by atoms with Crippen LogP contribution in [-0.2, 0) is 7.05 Å². The molecule has 2 aromatic rings. The molecule has 1 heterocycles. The second-order valence-electron chi connectivity index (χ2n) is 4.36. The van der Waals surface area contributed by atoms with Gasteiger partial charge in [0.1, 0.15) is 7.05 Å². The van der Waals surface area contributed by atoms with Crippen LogP contribution in [0.2, 0.25) is 0 Å². The van der Waals surface area contributed by atoms with E-state index in [0.29, 0.717) is 0 Å². The Morgan fingerprint density at radius 1 is 1.40 bits per heavy atom. The molecule has 0 radical (unpaired) electrons. The van der Waals surface area contributed by atoms with Crippen LogP contribution in [0, 0.1) is 6.92 Å². The first-order valence-electron chi connectivity index (χ1n) is 6.07. The maximum absolute atomic E-state index is 12.0. The van der Waals surface area contributed by atoms with Crippen molar-refractivity contribution in [1.29, 1.82) is 0 Å². The fourth-order valence-electron chi connectivity index (χ4n) is 1.70. The molecule has 2 rings (SSSR count). The van der Waals surface area contributed by atoms with Crippen molar-refractivity contribution < 1.29 is 9.48 Å². The molecule has 1 aromatic heterocycles. The third kappa shape index (κ3) is 2.66. The van der Waals surface area contributed by atoms with E-state index in [1.807, 2.05) is 31.2 Å². The van der Waals surface area contributed by atoms with Crippen LogP contribution in [0.5, 0.6) is 0 Å². The van der Waals surface area contributed by atoms with Gasteiger partial charge in [-0.15, -0.1) is 0 Å². The lowest BCUT2D eigenvalue weighted by atomic mass is 10.2. The summed E-state index contributed by atoms with van der Waals surface area (Å²) >= 11 is 0. The number of hydrogen-bond acceptors (Lipinski definition) is 3. The van der Waals surface area contributed by atoms with Gasteiger partial charge >= 0.3 is 17.2 Å². The van der Waals surface area contributed by atoms with Crippen LogP contribution < -0.4 is 15.6 Å². The molecular weight excluding hydrogens is 258 g/mol. The molecule has 0 aliphatic rings. The summed E-state index contributed by atoms with van der Waals surface area (Å²) in [6, 6.07) is 7.70. The zero-order valence-electron chi connectivity index (χ0n) is 11.5. The van der Waals surface area contributed by atoms with Crippen LogP contribution in [0.25, 0.3) is 0 Å². The van der Waals surface area contributed by atoms with E-state index in [2.05, 4.69) is 15.6 Å². The number of aromatic nitrogens is 3. The molecule has 1 aromatic carbocycles. The Kier molecular flexibility index (Phi) is 3.79. The Morgan fingerprint density at radius 2 is 2.05 bits per heavy atom. The van der Waals surface area contributed by atoms with Gasteiger partial charge in [0.25, 0.3) is 0 Å². The number of rotatable bonds is 3. The van der Waals surface area contributed by atoms with Crippen molar-refractivity contribution in [3.8, 4) is 0 Å². The molecule has 0 bridgehead atoms. The van der Waals surface area contributed by atoms with E-state index in [1.165, 1.54) is 11.7 Å². The third-order valence-corrected chi connectivity index (χ3v) is 2.82. The van der Waals surface area contributed by atoms with Gasteiger partial charge in [0.2, 0.25) is 0 Å². The summed E-state index contributed by atoms with van der Waals surface area (Å²) in [5, 5.41) is 9.11. The van der Waals surface area contributed by atoms with Crippen molar-refractivity contribution in [2.24, 2.45) is 12.1 Å². The highest BCUT2D eigenvalue weighted by atomic mass is 16.2. The van der Waals surface area contributed by atoms with Gasteiger partial charge in [-0.2, -0.15) is 4.68 Å². The maximum Gasteiger partial charge on any atom is 0.432 e. The summed E-state index contributed by atoms with van der Waals surface area (Å²) in [7, 11) is 3.04. The predicted molar refractivity (Wildman–Crippen MR) is 73.8 cm³/mol. The summed E-state index contributed by atoms with van der Waals surface area (Å²) in [5.41, 5.74) is 1.50. The summed E-state index contributed by atoms with van der Waals surface area (Å²) in [5.74, 6) is -0.460. The quantitative estimate of drug-likeness (QED) is 0.587.